The molecule has 0 aliphatic carbocycles. The molecule has 0 radical (unpaired) electrons. The minimum atomic E-state index is 0.0353. The first-order valence-electron chi connectivity index (χ1n) is 8.50. The second-order valence-electron chi connectivity index (χ2n) is 6.86. The number of rotatable bonds is 7. The molecule has 2 aromatic rings. The third-order valence-corrected chi connectivity index (χ3v) is 4.98. The van der Waals surface area contributed by atoms with Gasteiger partial charge in [-0.05, 0) is 30.0 Å². The Hall–Kier alpha value is -1.74. The van der Waals surface area contributed by atoms with Crippen molar-refractivity contribution in [2.24, 2.45) is 0 Å². The van der Waals surface area contributed by atoms with Crippen molar-refractivity contribution < 1.29 is 4.79 Å². The Morgan fingerprint density at radius 1 is 0.958 bits per heavy atom. The van der Waals surface area contributed by atoms with Gasteiger partial charge in [0.2, 0.25) is 0 Å². The zero-order valence-electron chi connectivity index (χ0n) is 14.8. The van der Waals surface area contributed by atoms with E-state index in [0.29, 0.717) is 6.54 Å². The third-order valence-electron chi connectivity index (χ3n) is 3.71. The molecule has 128 valence electrons. The summed E-state index contributed by atoms with van der Waals surface area (Å²) in [6.45, 7) is 7.28. The molecule has 0 aliphatic rings. The highest BCUT2D eigenvalue weighted by molar-refractivity contribution is 8.00. The van der Waals surface area contributed by atoms with Crippen LogP contribution in [0.15, 0.2) is 54.6 Å². The molecule has 0 bridgehead atoms. The second kappa shape index (κ2) is 8.93. The maximum absolute atomic E-state index is 12.5. The highest BCUT2D eigenvalue weighted by atomic mass is 32.2. The maximum Gasteiger partial charge on any atom is 0.251 e. The highest BCUT2D eigenvalue weighted by Gasteiger charge is 2.12. The molecular formula is C21H27NOS. The van der Waals surface area contributed by atoms with Crippen molar-refractivity contribution >= 4 is 17.7 Å². The van der Waals surface area contributed by atoms with E-state index in [1.807, 2.05) is 36.0 Å². The number of carbonyl (C=O) groups is 1. The predicted octanol–water partition coefficient (Wildman–Crippen LogP) is 4.73. The molecule has 1 amide bonds. The summed E-state index contributed by atoms with van der Waals surface area (Å²) >= 11 is 1.87. The Morgan fingerprint density at radius 2 is 1.62 bits per heavy atom. The van der Waals surface area contributed by atoms with Gasteiger partial charge in [-0.3, -0.25) is 4.79 Å². The Balaban J connectivity index is 1.91. The number of aryl methyl sites for hydroxylation is 2. The number of hydrogen-bond donors (Lipinski definition) is 1. The van der Waals surface area contributed by atoms with E-state index in [2.05, 4.69) is 56.4 Å². The van der Waals surface area contributed by atoms with Gasteiger partial charge in [0.25, 0.3) is 5.91 Å². The fourth-order valence-corrected chi connectivity index (χ4v) is 3.32. The van der Waals surface area contributed by atoms with Gasteiger partial charge in [-0.2, -0.15) is 11.8 Å². The lowest BCUT2D eigenvalue weighted by Crippen LogP contribution is -2.27. The summed E-state index contributed by atoms with van der Waals surface area (Å²) < 4.78 is 0.234. The first kappa shape index (κ1) is 18.6. The SMILES string of the molecule is CC(C)(C)SCCNC(=O)c1ccccc1CCc1ccccc1. The molecule has 0 heterocycles. The summed E-state index contributed by atoms with van der Waals surface area (Å²) in [7, 11) is 0. The Bertz CT molecular complexity index is 646. The summed E-state index contributed by atoms with van der Waals surface area (Å²) in [5.41, 5.74) is 3.21. The van der Waals surface area contributed by atoms with Gasteiger partial charge >= 0.3 is 0 Å². The first-order valence-corrected chi connectivity index (χ1v) is 9.48. The van der Waals surface area contributed by atoms with Crippen molar-refractivity contribution in [1.82, 2.24) is 5.32 Å². The molecule has 0 atom stereocenters. The average molecular weight is 342 g/mol. The molecule has 0 unspecified atom stereocenters. The lowest BCUT2D eigenvalue weighted by Gasteiger charge is -2.17. The Labute approximate surface area is 150 Å². The fourth-order valence-electron chi connectivity index (χ4n) is 2.50. The minimum absolute atomic E-state index is 0.0353. The van der Waals surface area contributed by atoms with Crippen molar-refractivity contribution in [2.45, 2.75) is 38.4 Å². The average Bonchev–Trinajstić information content (AvgIpc) is 2.57. The summed E-state index contributed by atoms with van der Waals surface area (Å²) in [6.07, 6.45) is 1.83. The molecular weight excluding hydrogens is 314 g/mol. The van der Waals surface area contributed by atoms with Gasteiger partial charge in [0.1, 0.15) is 0 Å². The van der Waals surface area contributed by atoms with Crippen molar-refractivity contribution in [3.05, 3.63) is 71.3 Å². The van der Waals surface area contributed by atoms with Crippen LogP contribution >= 0.6 is 11.8 Å². The molecule has 3 heteroatoms. The van der Waals surface area contributed by atoms with E-state index in [9.17, 15) is 4.79 Å². The quantitative estimate of drug-likeness (QED) is 0.738. The third kappa shape index (κ3) is 6.40. The zero-order chi connectivity index (χ0) is 17.4. The molecule has 2 nitrogen and oxygen atoms in total. The number of amides is 1. The normalized spacial score (nSPS) is 11.3. The number of thioether (sulfide) groups is 1. The van der Waals surface area contributed by atoms with Crippen LogP contribution in [-0.2, 0) is 12.8 Å². The molecule has 1 N–H and O–H groups in total. The topological polar surface area (TPSA) is 29.1 Å². The van der Waals surface area contributed by atoms with E-state index in [1.165, 1.54) is 5.56 Å². The smallest absolute Gasteiger partial charge is 0.251 e. The van der Waals surface area contributed by atoms with E-state index in [1.54, 1.807) is 0 Å². The molecule has 0 saturated carbocycles. The minimum Gasteiger partial charge on any atom is -0.351 e. The molecule has 0 spiro atoms. The van der Waals surface area contributed by atoms with E-state index >= 15 is 0 Å². The summed E-state index contributed by atoms with van der Waals surface area (Å²) in [4.78, 5) is 12.5. The van der Waals surface area contributed by atoms with Crippen LogP contribution < -0.4 is 5.32 Å². The lowest BCUT2D eigenvalue weighted by molar-refractivity contribution is 0.0955. The van der Waals surface area contributed by atoms with E-state index in [-0.39, 0.29) is 10.7 Å². The molecule has 24 heavy (non-hydrogen) atoms. The van der Waals surface area contributed by atoms with Gasteiger partial charge in [0.05, 0.1) is 0 Å². The predicted molar refractivity (Wildman–Crippen MR) is 105 cm³/mol. The van der Waals surface area contributed by atoms with Crippen LogP contribution in [-0.4, -0.2) is 23.0 Å². The van der Waals surface area contributed by atoms with Crippen LogP contribution in [0, 0.1) is 0 Å². The van der Waals surface area contributed by atoms with Gasteiger partial charge < -0.3 is 5.32 Å². The Kier molecular flexibility index (Phi) is 6.92. The van der Waals surface area contributed by atoms with Crippen LogP contribution in [0.5, 0.6) is 0 Å². The number of hydrogen-bond acceptors (Lipinski definition) is 2. The van der Waals surface area contributed by atoms with Gasteiger partial charge in [-0.25, -0.2) is 0 Å². The van der Waals surface area contributed by atoms with Gasteiger partial charge in [-0.1, -0.05) is 69.3 Å². The lowest BCUT2D eigenvalue weighted by atomic mass is 9.99. The largest absolute Gasteiger partial charge is 0.351 e. The summed E-state index contributed by atoms with van der Waals surface area (Å²) in [5, 5.41) is 3.05. The first-order chi connectivity index (χ1) is 11.5. The van der Waals surface area contributed by atoms with Crippen LogP contribution in [0.25, 0.3) is 0 Å². The number of carbonyl (C=O) groups excluding carboxylic acids is 1. The number of nitrogens with one attached hydrogen (secondary N) is 1. The molecule has 0 aromatic heterocycles. The highest BCUT2D eigenvalue weighted by Crippen LogP contribution is 2.22. The van der Waals surface area contributed by atoms with E-state index in [0.717, 1.165) is 29.7 Å². The van der Waals surface area contributed by atoms with Crippen molar-refractivity contribution in [3.8, 4) is 0 Å². The number of benzene rings is 2. The molecule has 0 aliphatic heterocycles. The van der Waals surface area contributed by atoms with Gasteiger partial charge in [-0.15, -0.1) is 0 Å². The van der Waals surface area contributed by atoms with Crippen LogP contribution in [0.3, 0.4) is 0 Å². The molecule has 2 aromatic carbocycles. The second-order valence-corrected chi connectivity index (χ2v) is 8.78. The van der Waals surface area contributed by atoms with Gasteiger partial charge in [0.15, 0.2) is 0 Å². The van der Waals surface area contributed by atoms with Gasteiger partial charge in [0, 0.05) is 22.6 Å². The molecule has 0 fully saturated rings. The van der Waals surface area contributed by atoms with E-state index in [4.69, 9.17) is 0 Å². The Morgan fingerprint density at radius 3 is 2.33 bits per heavy atom. The van der Waals surface area contributed by atoms with Crippen LogP contribution in [0.1, 0.15) is 42.3 Å². The fraction of sp³-hybridized carbons (Fsp3) is 0.381. The van der Waals surface area contributed by atoms with Crippen molar-refractivity contribution in [3.63, 3.8) is 0 Å². The van der Waals surface area contributed by atoms with E-state index < -0.39 is 0 Å². The van der Waals surface area contributed by atoms with Crippen molar-refractivity contribution in [1.29, 1.82) is 0 Å². The summed E-state index contributed by atoms with van der Waals surface area (Å²) in [6, 6.07) is 18.3. The van der Waals surface area contributed by atoms with Crippen LogP contribution in [0.4, 0.5) is 0 Å². The standard InChI is InChI=1S/C21H27NOS/c1-21(2,3)24-16-15-22-20(23)19-12-8-7-11-18(19)14-13-17-9-5-4-6-10-17/h4-12H,13-16H2,1-3H3,(H,22,23). The molecule has 0 saturated heterocycles. The van der Waals surface area contributed by atoms with Crippen molar-refractivity contribution in [2.75, 3.05) is 12.3 Å². The molecule has 2 rings (SSSR count). The zero-order valence-corrected chi connectivity index (χ0v) is 15.7. The maximum atomic E-state index is 12.5. The van der Waals surface area contributed by atoms with Crippen LogP contribution in [0.2, 0.25) is 0 Å². The monoisotopic (exact) mass is 341 g/mol. The summed E-state index contributed by atoms with van der Waals surface area (Å²) in [5.74, 6) is 0.967.